The molecule has 1 aromatic heterocycles. The van der Waals surface area contributed by atoms with E-state index in [1.807, 2.05) is 31.2 Å². The van der Waals surface area contributed by atoms with Gasteiger partial charge < -0.3 is 9.15 Å². The van der Waals surface area contributed by atoms with Gasteiger partial charge >= 0.3 is 5.97 Å². The van der Waals surface area contributed by atoms with Crippen LogP contribution in [0.1, 0.15) is 16.7 Å². The first-order chi connectivity index (χ1) is 12.1. The molecule has 0 N–H and O–H groups in total. The monoisotopic (exact) mass is 331 g/mol. The molecule has 122 valence electrons. The van der Waals surface area contributed by atoms with Crippen LogP contribution in [-0.2, 0) is 9.53 Å². The Labute approximate surface area is 142 Å². The first kappa shape index (κ1) is 15.1. The van der Waals surface area contributed by atoms with Gasteiger partial charge in [0.25, 0.3) is 0 Å². The normalized spacial score (nSPS) is 15.5. The van der Waals surface area contributed by atoms with Crippen molar-refractivity contribution in [1.82, 2.24) is 0 Å². The molecule has 0 saturated carbocycles. The lowest BCUT2D eigenvalue weighted by atomic mass is 10.1. The number of nitrogens with zero attached hydrogens (tertiary/aromatic N) is 1. The van der Waals surface area contributed by atoms with Crippen LogP contribution < -0.4 is 5.43 Å². The van der Waals surface area contributed by atoms with Gasteiger partial charge in [0.1, 0.15) is 11.8 Å². The quantitative estimate of drug-likeness (QED) is 0.533. The summed E-state index contributed by atoms with van der Waals surface area (Å²) in [7, 11) is 0. The molecule has 4 rings (SSSR count). The number of cyclic esters (lactones) is 1. The zero-order valence-corrected chi connectivity index (χ0v) is 13.4. The molecule has 0 saturated heterocycles. The standard InChI is InChI=1S/C20H13NO4/c1-12-6-2-3-7-14(12)19-21-16(20(23)25-19)10-13-11-24-17-9-5-4-8-15(17)18(13)22/h2-11H,1H3/b16-10+. The van der Waals surface area contributed by atoms with E-state index >= 15 is 0 Å². The molecule has 0 unspecified atom stereocenters. The highest BCUT2D eigenvalue weighted by atomic mass is 16.6. The third-order valence-corrected chi connectivity index (χ3v) is 3.99. The number of aryl methyl sites for hydroxylation is 1. The fourth-order valence-electron chi connectivity index (χ4n) is 2.68. The van der Waals surface area contributed by atoms with Gasteiger partial charge in [0, 0.05) is 5.56 Å². The number of ether oxygens (including phenoxy) is 1. The number of fused-ring (bicyclic) bond motifs is 1. The van der Waals surface area contributed by atoms with Gasteiger partial charge in [-0.25, -0.2) is 9.79 Å². The van der Waals surface area contributed by atoms with E-state index in [-0.39, 0.29) is 22.6 Å². The molecule has 1 aliphatic rings. The second-order valence-electron chi connectivity index (χ2n) is 5.67. The molecular weight excluding hydrogens is 318 g/mol. The smallest absolute Gasteiger partial charge is 0.363 e. The summed E-state index contributed by atoms with van der Waals surface area (Å²) in [6.07, 6.45) is 2.72. The lowest BCUT2D eigenvalue weighted by Gasteiger charge is -2.02. The van der Waals surface area contributed by atoms with Gasteiger partial charge in [-0.15, -0.1) is 0 Å². The van der Waals surface area contributed by atoms with Gasteiger partial charge in [0.05, 0.1) is 10.9 Å². The van der Waals surface area contributed by atoms with E-state index in [2.05, 4.69) is 4.99 Å². The van der Waals surface area contributed by atoms with Gasteiger partial charge in [-0.05, 0) is 36.8 Å². The van der Waals surface area contributed by atoms with Crippen molar-refractivity contribution < 1.29 is 13.9 Å². The molecule has 2 heterocycles. The molecule has 5 nitrogen and oxygen atoms in total. The van der Waals surface area contributed by atoms with Crippen LogP contribution >= 0.6 is 0 Å². The molecule has 0 fully saturated rings. The van der Waals surface area contributed by atoms with Crippen molar-refractivity contribution in [2.75, 3.05) is 0 Å². The Morgan fingerprint density at radius 3 is 2.60 bits per heavy atom. The fraction of sp³-hybridized carbons (Fsp3) is 0.0500. The average Bonchev–Trinajstić information content (AvgIpc) is 2.98. The first-order valence-electron chi connectivity index (χ1n) is 7.72. The Kier molecular flexibility index (Phi) is 3.54. The molecule has 0 radical (unpaired) electrons. The number of aliphatic imine (C=N–C) groups is 1. The first-order valence-corrected chi connectivity index (χ1v) is 7.72. The summed E-state index contributed by atoms with van der Waals surface area (Å²) in [4.78, 5) is 28.9. The summed E-state index contributed by atoms with van der Waals surface area (Å²) < 4.78 is 10.7. The second-order valence-corrected chi connectivity index (χ2v) is 5.67. The maximum atomic E-state index is 12.5. The molecule has 25 heavy (non-hydrogen) atoms. The van der Waals surface area contributed by atoms with E-state index in [1.165, 1.54) is 12.3 Å². The average molecular weight is 331 g/mol. The SMILES string of the molecule is Cc1ccccc1C1=N/C(=C/c2coc3ccccc3c2=O)C(=O)O1. The molecule has 0 bridgehead atoms. The van der Waals surface area contributed by atoms with Crippen LogP contribution in [0.4, 0.5) is 0 Å². The van der Waals surface area contributed by atoms with Crippen molar-refractivity contribution in [1.29, 1.82) is 0 Å². The third kappa shape index (κ3) is 2.65. The van der Waals surface area contributed by atoms with E-state index in [9.17, 15) is 9.59 Å². The van der Waals surface area contributed by atoms with Crippen LogP contribution in [-0.4, -0.2) is 11.9 Å². The molecular formula is C20H13NO4. The molecule has 3 aromatic rings. The number of esters is 1. The lowest BCUT2D eigenvalue weighted by Crippen LogP contribution is -2.08. The van der Waals surface area contributed by atoms with Crippen LogP contribution in [0.15, 0.2) is 74.7 Å². The zero-order valence-electron chi connectivity index (χ0n) is 13.4. The molecule has 0 aliphatic carbocycles. The van der Waals surface area contributed by atoms with E-state index in [0.29, 0.717) is 11.0 Å². The molecule has 0 spiro atoms. The Bertz CT molecular complexity index is 1120. The number of benzene rings is 2. The maximum absolute atomic E-state index is 12.5. The third-order valence-electron chi connectivity index (χ3n) is 3.99. The van der Waals surface area contributed by atoms with Crippen LogP contribution in [0.2, 0.25) is 0 Å². The highest BCUT2D eigenvalue weighted by molar-refractivity contribution is 6.13. The summed E-state index contributed by atoms with van der Waals surface area (Å²) >= 11 is 0. The fourth-order valence-corrected chi connectivity index (χ4v) is 2.68. The van der Waals surface area contributed by atoms with Gasteiger partial charge in [-0.3, -0.25) is 4.79 Å². The predicted octanol–water partition coefficient (Wildman–Crippen LogP) is 3.45. The number of carbonyl (C=O) groups excluding carboxylic acids is 1. The minimum Gasteiger partial charge on any atom is -0.463 e. The second kappa shape index (κ2) is 5.87. The van der Waals surface area contributed by atoms with Crippen LogP contribution in [0.25, 0.3) is 17.0 Å². The Balaban J connectivity index is 1.79. The van der Waals surface area contributed by atoms with Crippen LogP contribution in [0.5, 0.6) is 0 Å². The minimum atomic E-state index is -0.592. The highest BCUT2D eigenvalue weighted by Crippen LogP contribution is 2.21. The van der Waals surface area contributed by atoms with Crippen molar-refractivity contribution in [3.63, 3.8) is 0 Å². The maximum Gasteiger partial charge on any atom is 0.363 e. The molecule has 0 atom stereocenters. The molecule has 0 amide bonds. The number of hydrogen-bond acceptors (Lipinski definition) is 5. The Morgan fingerprint density at radius 1 is 1.00 bits per heavy atom. The number of rotatable bonds is 2. The van der Waals surface area contributed by atoms with E-state index < -0.39 is 5.97 Å². The van der Waals surface area contributed by atoms with E-state index in [0.717, 1.165) is 11.1 Å². The summed E-state index contributed by atoms with van der Waals surface area (Å²) in [6.45, 7) is 1.91. The van der Waals surface area contributed by atoms with Gasteiger partial charge in [-0.2, -0.15) is 0 Å². The minimum absolute atomic E-state index is 0.0702. The number of carbonyl (C=O) groups is 1. The zero-order chi connectivity index (χ0) is 17.4. The van der Waals surface area contributed by atoms with Crippen LogP contribution in [0, 0.1) is 6.92 Å². The van der Waals surface area contributed by atoms with Crippen molar-refractivity contribution >= 4 is 28.9 Å². The molecule has 2 aromatic carbocycles. The Morgan fingerprint density at radius 2 is 1.76 bits per heavy atom. The largest absolute Gasteiger partial charge is 0.463 e. The van der Waals surface area contributed by atoms with Crippen molar-refractivity contribution in [3.8, 4) is 0 Å². The van der Waals surface area contributed by atoms with Gasteiger partial charge in [0.2, 0.25) is 5.90 Å². The molecule has 1 aliphatic heterocycles. The van der Waals surface area contributed by atoms with Gasteiger partial charge in [0.15, 0.2) is 11.1 Å². The van der Waals surface area contributed by atoms with Crippen molar-refractivity contribution in [2.24, 2.45) is 4.99 Å². The van der Waals surface area contributed by atoms with E-state index in [1.54, 1.807) is 24.3 Å². The molecule has 5 heteroatoms. The van der Waals surface area contributed by atoms with E-state index in [4.69, 9.17) is 9.15 Å². The predicted molar refractivity (Wildman–Crippen MR) is 94.3 cm³/mol. The Hall–Kier alpha value is -3.47. The van der Waals surface area contributed by atoms with Gasteiger partial charge in [-0.1, -0.05) is 30.3 Å². The topological polar surface area (TPSA) is 68.9 Å². The van der Waals surface area contributed by atoms with Crippen LogP contribution in [0.3, 0.4) is 0 Å². The lowest BCUT2D eigenvalue weighted by molar-refractivity contribution is -0.129. The summed E-state index contributed by atoms with van der Waals surface area (Å²) in [5, 5.41) is 0.450. The number of para-hydroxylation sites is 1. The highest BCUT2D eigenvalue weighted by Gasteiger charge is 2.25. The number of hydrogen-bond donors (Lipinski definition) is 0. The van der Waals surface area contributed by atoms with Crippen molar-refractivity contribution in [3.05, 3.63) is 87.4 Å². The summed E-state index contributed by atoms with van der Waals surface area (Å²) in [5.74, 6) is -0.356. The summed E-state index contributed by atoms with van der Waals surface area (Å²) in [6, 6.07) is 14.4. The van der Waals surface area contributed by atoms with Crippen molar-refractivity contribution in [2.45, 2.75) is 6.92 Å². The summed E-state index contributed by atoms with van der Waals surface area (Å²) in [5.41, 5.74) is 2.28.